The number of ketones is 1. The molecule has 5 heteroatoms. The molecule has 0 unspecified atom stereocenters. The molecule has 0 saturated carbocycles. The maximum Gasteiger partial charge on any atom is 0.313 e. The zero-order valence-electron chi connectivity index (χ0n) is 7.57. The first-order valence-electron chi connectivity index (χ1n) is 3.84. The maximum atomic E-state index is 10.8. The molecule has 0 aromatic rings. The fraction of sp³-hybridized carbons (Fsp3) is 0.625. The predicted molar refractivity (Wildman–Crippen MR) is 43.1 cm³/mol. The van der Waals surface area contributed by atoms with Crippen molar-refractivity contribution in [3.63, 3.8) is 0 Å². The lowest BCUT2D eigenvalue weighted by atomic mass is 10.2. The molecule has 1 N–H and O–H groups in total. The van der Waals surface area contributed by atoms with Gasteiger partial charge in [-0.25, -0.2) is 0 Å². The Bertz CT molecular complexity index is 219. The van der Waals surface area contributed by atoms with E-state index in [-0.39, 0.29) is 6.10 Å². The van der Waals surface area contributed by atoms with E-state index in [1.807, 2.05) is 0 Å². The number of rotatable bonds is 5. The van der Waals surface area contributed by atoms with E-state index < -0.39 is 30.6 Å². The first-order valence-corrected chi connectivity index (χ1v) is 3.84. The largest absolute Gasteiger partial charge is 0.481 e. The average Bonchev–Trinajstić information content (AvgIpc) is 1.80. The van der Waals surface area contributed by atoms with Crippen LogP contribution in [-0.4, -0.2) is 28.9 Å². The van der Waals surface area contributed by atoms with Gasteiger partial charge in [0.25, 0.3) is 0 Å². The van der Waals surface area contributed by atoms with Gasteiger partial charge < -0.3 is 9.84 Å². The molecule has 0 aliphatic heterocycles. The molecule has 0 radical (unpaired) electrons. The lowest BCUT2D eigenvalue weighted by molar-refractivity contribution is -0.150. The topological polar surface area (TPSA) is 80.7 Å². The highest BCUT2D eigenvalue weighted by Crippen LogP contribution is 1.96. The van der Waals surface area contributed by atoms with Crippen LogP contribution in [0.25, 0.3) is 0 Å². The van der Waals surface area contributed by atoms with Crippen LogP contribution in [0.15, 0.2) is 0 Å². The molecule has 0 saturated heterocycles. The van der Waals surface area contributed by atoms with Crippen molar-refractivity contribution in [2.24, 2.45) is 0 Å². The Morgan fingerprint density at radius 3 is 2.15 bits per heavy atom. The van der Waals surface area contributed by atoms with E-state index in [0.29, 0.717) is 0 Å². The van der Waals surface area contributed by atoms with Crippen molar-refractivity contribution in [3.8, 4) is 0 Å². The number of Topliss-reactive ketones (excluding diaryl/α,β-unsaturated/α-hetero) is 1. The molecular weight excluding hydrogens is 176 g/mol. The van der Waals surface area contributed by atoms with Gasteiger partial charge in [0.15, 0.2) is 5.78 Å². The molecule has 13 heavy (non-hydrogen) atoms. The summed E-state index contributed by atoms with van der Waals surface area (Å²) < 4.78 is 4.65. The Kier molecular flexibility index (Phi) is 4.72. The monoisotopic (exact) mass is 188 g/mol. The van der Waals surface area contributed by atoms with Crippen molar-refractivity contribution < 1.29 is 24.2 Å². The number of carboxylic acid groups (broad SMARTS) is 1. The van der Waals surface area contributed by atoms with Crippen LogP contribution < -0.4 is 0 Å². The third-order valence-electron chi connectivity index (χ3n) is 1.06. The third-order valence-corrected chi connectivity index (χ3v) is 1.06. The number of carbonyl (C=O) groups excluding carboxylic acids is 2. The zero-order chi connectivity index (χ0) is 10.4. The molecule has 0 rings (SSSR count). The van der Waals surface area contributed by atoms with Crippen molar-refractivity contribution in [1.82, 2.24) is 0 Å². The summed E-state index contributed by atoms with van der Waals surface area (Å²) in [4.78, 5) is 31.6. The smallest absolute Gasteiger partial charge is 0.313 e. The highest BCUT2D eigenvalue weighted by molar-refractivity contribution is 6.03. The molecule has 0 heterocycles. The average molecular weight is 188 g/mol. The van der Waals surface area contributed by atoms with Crippen molar-refractivity contribution in [2.75, 3.05) is 0 Å². The van der Waals surface area contributed by atoms with E-state index in [0.717, 1.165) is 0 Å². The van der Waals surface area contributed by atoms with Gasteiger partial charge in [0, 0.05) is 0 Å². The van der Waals surface area contributed by atoms with Crippen molar-refractivity contribution in [1.29, 1.82) is 0 Å². The number of ether oxygens (including phenoxy) is 1. The Morgan fingerprint density at radius 1 is 1.23 bits per heavy atom. The van der Waals surface area contributed by atoms with Crippen LogP contribution in [0.1, 0.15) is 26.7 Å². The van der Waals surface area contributed by atoms with Crippen molar-refractivity contribution >= 4 is 17.7 Å². The Hall–Kier alpha value is -1.39. The lowest BCUT2D eigenvalue weighted by Gasteiger charge is -2.06. The Labute approximate surface area is 75.7 Å². The minimum absolute atomic E-state index is 0.287. The van der Waals surface area contributed by atoms with E-state index in [4.69, 9.17) is 5.11 Å². The van der Waals surface area contributed by atoms with Crippen LogP contribution in [0.5, 0.6) is 0 Å². The van der Waals surface area contributed by atoms with Crippen LogP contribution in [0.2, 0.25) is 0 Å². The number of esters is 1. The molecule has 0 aliphatic rings. The van der Waals surface area contributed by atoms with Gasteiger partial charge in [-0.05, 0) is 13.8 Å². The van der Waals surface area contributed by atoms with Crippen LogP contribution in [0.3, 0.4) is 0 Å². The van der Waals surface area contributed by atoms with Gasteiger partial charge in [-0.1, -0.05) is 0 Å². The number of carboxylic acids is 1. The quantitative estimate of drug-likeness (QED) is 0.498. The summed E-state index contributed by atoms with van der Waals surface area (Å²) in [6, 6.07) is 0. The molecule has 0 aliphatic carbocycles. The SMILES string of the molecule is CC(C)OC(=O)CC(=O)CC(=O)O. The molecule has 74 valence electrons. The van der Waals surface area contributed by atoms with E-state index in [1.165, 1.54) is 0 Å². The molecular formula is C8H12O5. The van der Waals surface area contributed by atoms with Crippen LogP contribution in [0, 0.1) is 0 Å². The summed E-state index contributed by atoms with van der Waals surface area (Å²) in [7, 11) is 0. The Balaban J connectivity index is 3.79. The van der Waals surface area contributed by atoms with E-state index >= 15 is 0 Å². The first kappa shape index (κ1) is 11.6. The van der Waals surface area contributed by atoms with E-state index in [1.54, 1.807) is 13.8 Å². The first-order chi connectivity index (χ1) is 5.91. The summed E-state index contributed by atoms with van der Waals surface area (Å²) in [5.41, 5.74) is 0. The summed E-state index contributed by atoms with van der Waals surface area (Å²) in [6.45, 7) is 3.30. The number of aliphatic carboxylic acids is 1. The molecule has 0 aromatic heterocycles. The second-order valence-electron chi connectivity index (χ2n) is 2.82. The minimum Gasteiger partial charge on any atom is -0.481 e. The zero-order valence-corrected chi connectivity index (χ0v) is 7.57. The highest BCUT2D eigenvalue weighted by atomic mass is 16.5. The van der Waals surface area contributed by atoms with Crippen molar-refractivity contribution in [2.45, 2.75) is 32.8 Å². The Morgan fingerprint density at radius 2 is 1.77 bits per heavy atom. The van der Waals surface area contributed by atoms with Gasteiger partial charge in [-0.2, -0.15) is 0 Å². The van der Waals surface area contributed by atoms with Crippen LogP contribution >= 0.6 is 0 Å². The third kappa shape index (κ3) is 6.99. The summed E-state index contributed by atoms with van der Waals surface area (Å²) in [5.74, 6) is -2.55. The summed E-state index contributed by atoms with van der Waals surface area (Å²) in [5, 5.41) is 8.21. The lowest BCUT2D eigenvalue weighted by Crippen LogP contribution is -2.17. The molecule has 0 amide bonds. The van der Waals surface area contributed by atoms with Crippen LogP contribution in [-0.2, 0) is 19.1 Å². The molecule has 5 nitrogen and oxygen atoms in total. The molecule has 0 fully saturated rings. The molecule has 0 bridgehead atoms. The number of carbonyl (C=O) groups is 3. The summed E-state index contributed by atoms with van der Waals surface area (Å²) in [6.07, 6.45) is -1.39. The molecule has 0 aromatic carbocycles. The second kappa shape index (κ2) is 5.29. The second-order valence-corrected chi connectivity index (χ2v) is 2.82. The van der Waals surface area contributed by atoms with Gasteiger partial charge in [0.1, 0.15) is 12.8 Å². The normalized spacial score (nSPS) is 9.77. The van der Waals surface area contributed by atoms with Gasteiger partial charge in [0.05, 0.1) is 6.10 Å². The van der Waals surface area contributed by atoms with Gasteiger partial charge in [-0.3, -0.25) is 14.4 Å². The maximum absolute atomic E-state index is 10.8. The predicted octanol–water partition coefficient (Wildman–Crippen LogP) is 0.372. The fourth-order valence-corrected chi connectivity index (χ4v) is 0.697. The standard InChI is InChI=1S/C8H12O5/c1-5(2)13-8(12)4-6(9)3-7(10)11/h5H,3-4H2,1-2H3,(H,10,11). The molecule has 0 spiro atoms. The van der Waals surface area contributed by atoms with Gasteiger partial charge >= 0.3 is 11.9 Å². The number of hydrogen-bond acceptors (Lipinski definition) is 4. The van der Waals surface area contributed by atoms with E-state index in [9.17, 15) is 14.4 Å². The number of hydrogen-bond donors (Lipinski definition) is 1. The highest BCUT2D eigenvalue weighted by Gasteiger charge is 2.14. The fourth-order valence-electron chi connectivity index (χ4n) is 0.697. The summed E-state index contributed by atoms with van der Waals surface area (Å²) >= 11 is 0. The minimum atomic E-state index is -1.23. The van der Waals surface area contributed by atoms with Crippen LogP contribution in [0.4, 0.5) is 0 Å². The van der Waals surface area contributed by atoms with Gasteiger partial charge in [-0.15, -0.1) is 0 Å². The van der Waals surface area contributed by atoms with E-state index in [2.05, 4.69) is 4.74 Å². The molecule has 0 atom stereocenters. The van der Waals surface area contributed by atoms with Gasteiger partial charge in [0.2, 0.25) is 0 Å². The van der Waals surface area contributed by atoms with Crippen molar-refractivity contribution in [3.05, 3.63) is 0 Å².